The molecular weight excluding hydrogens is 318 g/mol. The van der Waals surface area contributed by atoms with Crippen molar-refractivity contribution in [3.63, 3.8) is 0 Å². The average Bonchev–Trinajstić information content (AvgIpc) is 2.91. The summed E-state index contributed by atoms with van der Waals surface area (Å²) in [7, 11) is 0. The molecular formula is C15H15N3O4S. The van der Waals surface area contributed by atoms with Gasteiger partial charge in [0.15, 0.2) is 0 Å². The maximum absolute atomic E-state index is 12.2. The minimum atomic E-state index is -0.441. The topological polar surface area (TPSA) is 91.7 Å². The van der Waals surface area contributed by atoms with Gasteiger partial charge in [-0.3, -0.25) is 9.59 Å². The van der Waals surface area contributed by atoms with E-state index in [1.807, 2.05) is 0 Å². The lowest BCUT2D eigenvalue weighted by molar-refractivity contribution is -0.129. The number of fused-ring (bicyclic) bond motifs is 1. The number of rotatable bonds is 2. The van der Waals surface area contributed by atoms with E-state index in [0.29, 0.717) is 43.3 Å². The molecule has 2 aliphatic rings. The summed E-state index contributed by atoms with van der Waals surface area (Å²) >= 11 is 1.33. The van der Waals surface area contributed by atoms with Gasteiger partial charge >= 0.3 is 0 Å². The van der Waals surface area contributed by atoms with Gasteiger partial charge in [0.2, 0.25) is 11.7 Å². The number of carbonyl (C=O) groups excluding carboxylic acids is 2. The molecule has 0 radical (unpaired) electrons. The molecule has 0 saturated carbocycles. The molecule has 0 aromatic carbocycles. The molecule has 1 aromatic heterocycles. The molecule has 2 aliphatic heterocycles. The Morgan fingerprint density at radius 1 is 1.43 bits per heavy atom. The lowest BCUT2D eigenvalue weighted by Crippen LogP contribution is -2.33. The third kappa shape index (κ3) is 3.00. The molecule has 1 N–H and O–H groups in total. The van der Waals surface area contributed by atoms with E-state index >= 15 is 0 Å². The van der Waals surface area contributed by atoms with Crippen molar-refractivity contribution in [2.45, 2.75) is 19.9 Å². The highest BCUT2D eigenvalue weighted by Gasteiger charge is 2.27. The Hall–Kier alpha value is -2.53. The third-order valence-electron chi connectivity index (χ3n) is 3.71. The van der Waals surface area contributed by atoms with Crippen molar-refractivity contribution in [3.05, 3.63) is 28.0 Å². The number of hydrogen-bond donors (Lipinski definition) is 1. The standard InChI is InChI=1S/C15H15N3O4S/c1-9(19)18-3-2-10-11(6-16)15(23-13(10)7-18)17-14(20)12-8-21-4-5-22-12/h8H,2-5,7H2,1H3,(H,17,20). The minimum Gasteiger partial charge on any atom is -0.494 e. The minimum absolute atomic E-state index is 0.00560. The summed E-state index contributed by atoms with van der Waals surface area (Å²) in [5.74, 6) is -0.342. The molecule has 0 unspecified atom stereocenters. The molecule has 120 valence electrons. The Balaban J connectivity index is 1.83. The van der Waals surface area contributed by atoms with Crippen LogP contribution >= 0.6 is 11.3 Å². The summed E-state index contributed by atoms with van der Waals surface area (Å²) in [5, 5.41) is 12.6. The maximum atomic E-state index is 12.2. The monoisotopic (exact) mass is 333 g/mol. The second-order valence-corrected chi connectivity index (χ2v) is 6.27. The smallest absolute Gasteiger partial charge is 0.294 e. The number of anilines is 1. The summed E-state index contributed by atoms with van der Waals surface area (Å²) in [6, 6.07) is 2.16. The number of nitrogens with zero attached hydrogens (tertiary/aromatic N) is 2. The molecule has 0 fully saturated rings. The number of hydrogen-bond acceptors (Lipinski definition) is 6. The van der Waals surface area contributed by atoms with Gasteiger partial charge in [0.25, 0.3) is 5.91 Å². The average molecular weight is 333 g/mol. The summed E-state index contributed by atoms with van der Waals surface area (Å²) < 4.78 is 10.3. The van der Waals surface area contributed by atoms with Crippen LogP contribution in [-0.2, 0) is 32.0 Å². The van der Waals surface area contributed by atoms with E-state index in [-0.39, 0.29) is 11.7 Å². The van der Waals surface area contributed by atoms with Crippen LogP contribution in [0, 0.1) is 11.3 Å². The maximum Gasteiger partial charge on any atom is 0.294 e. The van der Waals surface area contributed by atoms with Gasteiger partial charge in [-0.25, -0.2) is 0 Å². The third-order valence-corrected chi connectivity index (χ3v) is 4.85. The van der Waals surface area contributed by atoms with Crippen molar-refractivity contribution in [1.82, 2.24) is 4.90 Å². The number of ether oxygens (including phenoxy) is 2. The molecule has 0 aliphatic carbocycles. The van der Waals surface area contributed by atoms with Crippen molar-refractivity contribution in [2.75, 3.05) is 25.1 Å². The van der Waals surface area contributed by atoms with E-state index in [4.69, 9.17) is 9.47 Å². The molecule has 23 heavy (non-hydrogen) atoms. The van der Waals surface area contributed by atoms with Crippen LogP contribution in [0.5, 0.6) is 0 Å². The van der Waals surface area contributed by atoms with Gasteiger partial charge in [-0.15, -0.1) is 11.3 Å². The Labute approximate surface area is 137 Å². The van der Waals surface area contributed by atoms with E-state index < -0.39 is 5.91 Å². The summed E-state index contributed by atoms with van der Waals surface area (Å²) in [4.78, 5) is 26.3. The first-order valence-electron chi connectivity index (χ1n) is 7.16. The van der Waals surface area contributed by atoms with Crippen LogP contribution in [-0.4, -0.2) is 36.5 Å². The van der Waals surface area contributed by atoms with Crippen LogP contribution in [0.25, 0.3) is 0 Å². The van der Waals surface area contributed by atoms with Crippen LogP contribution in [0.3, 0.4) is 0 Å². The highest BCUT2D eigenvalue weighted by atomic mass is 32.1. The Morgan fingerprint density at radius 3 is 2.91 bits per heavy atom. The second-order valence-electron chi connectivity index (χ2n) is 5.17. The number of carbonyl (C=O) groups is 2. The summed E-state index contributed by atoms with van der Waals surface area (Å²) in [6.07, 6.45) is 1.89. The zero-order valence-electron chi connectivity index (χ0n) is 12.5. The van der Waals surface area contributed by atoms with Crippen molar-refractivity contribution in [2.24, 2.45) is 0 Å². The normalized spacial score (nSPS) is 16.3. The van der Waals surface area contributed by atoms with Crippen molar-refractivity contribution < 1.29 is 19.1 Å². The van der Waals surface area contributed by atoms with Gasteiger partial charge in [0.05, 0.1) is 12.1 Å². The first-order chi connectivity index (χ1) is 11.1. The fourth-order valence-corrected chi connectivity index (χ4v) is 3.74. The van der Waals surface area contributed by atoms with E-state index in [1.54, 1.807) is 4.90 Å². The van der Waals surface area contributed by atoms with Crippen LogP contribution in [0.4, 0.5) is 5.00 Å². The van der Waals surface area contributed by atoms with Crippen molar-refractivity contribution in [3.8, 4) is 6.07 Å². The highest BCUT2D eigenvalue weighted by Crippen LogP contribution is 2.36. The van der Waals surface area contributed by atoms with E-state index in [0.717, 1.165) is 10.4 Å². The molecule has 0 atom stereocenters. The summed E-state index contributed by atoms with van der Waals surface area (Å²) in [6.45, 7) is 3.32. The Kier molecular flexibility index (Phi) is 4.21. The van der Waals surface area contributed by atoms with Crippen LogP contribution in [0.2, 0.25) is 0 Å². The van der Waals surface area contributed by atoms with Gasteiger partial charge < -0.3 is 19.7 Å². The predicted molar refractivity (Wildman–Crippen MR) is 82.4 cm³/mol. The fourth-order valence-electron chi connectivity index (χ4n) is 2.53. The molecule has 0 saturated heterocycles. The van der Waals surface area contributed by atoms with Crippen LogP contribution in [0.1, 0.15) is 22.9 Å². The second kappa shape index (κ2) is 6.30. The lowest BCUT2D eigenvalue weighted by Gasteiger charge is -2.25. The first kappa shape index (κ1) is 15.4. The largest absolute Gasteiger partial charge is 0.494 e. The number of amides is 2. The Morgan fingerprint density at radius 2 is 2.26 bits per heavy atom. The van der Waals surface area contributed by atoms with Gasteiger partial charge in [-0.2, -0.15) is 5.26 Å². The molecule has 3 heterocycles. The van der Waals surface area contributed by atoms with E-state index in [9.17, 15) is 14.9 Å². The van der Waals surface area contributed by atoms with E-state index in [2.05, 4.69) is 11.4 Å². The van der Waals surface area contributed by atoms with Crippen LogP contribution in [0.15, 0.2) is 12.0 Å². The molecule has 0 bridgehead atoms. The number of nitrogens with one attached hydrogen (secondary N) is 1. The lowest BCUT2D eigenvalue weighted by atomic mass is 10.0. The van der Waals surface area contributed by atoms with Crippen molar-refractivity contribution in [1.29, 1.82) is 5.26 Å². The Bertz CT molecular complexity index is 732. The fraction of sp³-hybridized carbons (Fsp3) is 0.400. The molecule has 0 spiro atoms. The predicted octanol–water partition coefficient (Wildman–Crippen LogP) is 1.35. The SMILES string of the molecule is CC(=O)N1CCc2c(sc(NC(=O)C3=COCCO3)c2C#N)C1. The van der Waals surface area contributed by atoms with E-state index in [1.165, 1.54) is 24.5 Å². The molecule has 3 rings (SSSR count). The van der Waals surface area contributed by atoms with Crippen molar-refractivity contribution >= 4 is 28.2 Å². The van der Waals surface area contributed by atoms with Gasteiger partial charge in [0.1, 0.15) is 30.5 Å². The van der Waals surface area contributed by atoms with Gasteiger partial charge in [-0.1, -0.05) is 0 Å². The molecule has 7 nitrogen and oxygen atoms in total. The quantitative estimate of drug-likeness (QED) is 0.882. The molecule has 1 aromatic rings. The zero-order chi connectivity index (χ0) is 16.4. The summed E-state index contributed by atoms with van der Waals surface area (Å²) in [5.41, 5.74) is 1.39. The molecule has 2 amide bonds. The zero-order valence-corrected chi connectivity index (χ0v) is 13.4. The molecule has 8 heteroatoms. The van der Waals surface area contributed by atoms with Gasteiger partial charge in [0, 0.05) is 18.3 Å². The number of nitriles is 1. The highest BCUT2D eigenvalue weighted by molar-refractivity contribution is 7.16. The number of thiophene rings is 1. The first-order valence-corrected chi connectivity index (χ1v) is 7.98. The van der Waals surface area contributed by atoms with Gasteiger partial charge in [-0.05, 0) is 12.0 Å². The van der Waals surface area contributed by atoms with Crippen LogP contribution < -0.4 is 5.32 Å².